The van der Waals surface area contributed by atoms with Crippen molar-refractivity contribution >= 4 is 11.8 Å². The second kappa shape index (κ2) is 12.8. The van der Waals surface area contributed by atoms with Gasteiger partial charge in [-0.15, -0.1) is 0 Å². The fraction of sp³-hybridized carbons (Fsp3) is 0.765. The van der Waals surface area contributed by atoms with Crippen molar-refractivity contribution in [2.75, 3.05) is 27.2 Å². The number of hydrogen-bond acceptors (Lipinski definition) is 7. The summed E-state index contributed by atoms with van der Waals surface area (Å²) in [5.74, 6) is 0.894. The molecular weight excluding hydrogens is 544 g/mol. The van der Waals surface area contributed by atoms with Gasteiger partial charge >= 0.3 is 0 Å². The van der Waals surface area contributed by atoms with Gasteiger partial charge in [0.15, 0.2) is 0 Å². The summed E-state index contributed by atoms with van der Waals surface area (Å²) in [5.41, 5.74) is 1.92. The van der Waals surface area contributed by atoms with Crippen molar-refractivity contribution in [1.82, 2.24) is 20.6 Å². The lowest BCUT2D eigenvalue weighted by molar-refractivity contribution is -0.183. The number of aliphatic hydroxyl groups is 2. The summed E-state index contributed by atoms with van der Waals surface area (Å²) in [6.07, 6.45) is 5.72. The minimum Gasteiger partial charge on any atom is -0.394 e. The highest BCUT2D eigenvalue weighted by molar-refractivity contribution is 5.83. The van der Waals surface area contributed by atoms with E-state index in [0.29, 0.717) is 36.3 Å². The summed E-state index contributed by atoms with van der Waals surface area (Å²) >= 11 is 0. The Morgan fingerprint density at radius 2 is 1.88 bits per heavy atom. The van der Waals surface area contributed by atoms with Crippen LogP contribution in [0, 0.1) is 29.1 Å². The van der Waals surface area contributed by atoms with Gasteiger partial charge in [-0.3, -0.25) is 14.4 Å². The predicted molar refractivity (Wildman–Crippen MR) is 165 cm³/mol. The first kappa shape index (κ1) is 32.4. The summed E-state index contributed by atoms with van der Waals surface area (Å²) in [7, 11) is 3.80. The van der Waals surface area contributed by atoms with Gasteiger partial charge in [0.2, 0.25) is 11.8 Å². The molecule has 4 N–H and O–H groups in total. The maximum Gasteiger partial charge on any atom is 0.240 e. The van der Waals surface area contributed by atoms with E-state index in [9.17, 15) is 19.8 Å². The molecule has 8 atom stereocenters. The Morgan fingerprint density at radius 1 is 1.16 bits per heavy atom. The largest absolute Gasteiger partial charge is 0.394 e. The molecule has 240 valence electrons. The van der Waals surface area contributed by atoms with E-state index in [1.54, 1.807) is 12.0 Å². The van der Waals surface area contributed by atoms with Gasteiger partial charge in [0.05, 0.1) is 31.3 Å². The lowest BCUT2D eigenvalue weighted by Crippen LogP contribution is -2.62. The number of nitrogens with zero attached hydrogens (tertiary/aromatic N) is 2. The lowest BCUT2D eigenvalue weighted by atomic mass is 9.45. The first-order valence-corrected chi connectivity index (χ1v) is 16.4. The highest BCUT2D eigenvalue weighted by Crippen LogP contribution is 2.61. The number of benzene rings is 1. The fourth-order valence-corrected chi connectivity index (χ4v) is 8.87. The summed E-state index contributed by atoms with van der Waals surface area (Å²) < 4.78 is 0. The molecule has 5 fully saturated rings. The zero-order valence-corrected chi connectivity index (χ0v) is 27.0. The highest BCUT2D eigenvalue weighted by Gasteiger charge is 2.57. The van der Waals surface area contributed by atoms with E-state index in [-0.39, 0.29) is 24.5 Å². The van der Waals surface area contributed by atoms with Gasteiger partial charge in [0, 0.05) is 12.0 Å². The zero-order chi connectivity index (χ0) is 31.1. The first-order chi connectivity index (χ1) is 20.4. The Morgan fingerprint density at radius 3 is 2.49 bits per heavy atom. The first-order valence-electron chi connectivity index (χ1n) is 16.4. The van der Waals surface area contributed by atoms with E-state index in [1.807, 2.05) is 31.1 Å². The molecule has 43 heavy (non-hydrogen) atoms. The number of carbonyl (C=O) groups is 2. The SMILES string of the molecule is CC(O)[C@@H]1C(CO)ON(Cc2cccc(C3(NC(=O)CN(C)C)CCCCC3)c2)[C@@H]1C(=O)N[C@H]1C[C@H]2C[C@@H](C1C)C2(C)C. The number of fused-ring (bicyclic) bond motifs is 2. The van der Waals surface area contributed by atoms with E-state index in [2.05, 4.69) is 43.5 Å². The molecule has 0 aromatic heterocycles. The maximum atomic E-state index is 14.0. The van der Waals surface area contributed by atoms with Gasteiger partial charge in [-0.1, -0.05) is 64.3 Å². The molecule has 1 aromatic carbocycles. The highest BCUT2D eigenvalue weighted by atomic mass is 16.7. The third kappa shape index (κ3) is 6.39. The van der Waals surface area contributed by atoms with Crippen LogP contribution in [0.2, 0.25) is 0 Å². The number of amides is 2. The molecule has 1 saturated heterocycles. The second-order valence-electron chi connectivity index (χ2n) is 14.9. The summed E-state index contributed by atoms with van der Waals surface area (Å²) in [4.78, 5) is 35.0. The van der Waals surface area contributed by atoms with Crippen molar-refractivity contribution in [1.29, 1.82) is 0 Å². The topological polar surface area (TPSA) is 114 Å². The quantitative estimate of drug-likeness (QED) is 0.327. The summed E-state index contributed by atoms with van der Waals surface area (Å²) in [6.45, 7) is 9.00. The second-order valence-corrected chi connectivity index (χ2v) is 14.9. The molecule has 9 nitrogen and oxygen atoms in total. The Hall–Kier alpha value is -2.04. The molecule has 0 spiro atoms. The average Bonchev–Trinajstić information content (AvgIpc) is 3.32. The van der Waals surface area contributed by atoms with Crippen LogP contribution in [0.1, 0.15) is 83.8 Å². The van der Waals surface area contributed by atoms with Crippen LogP contribution in [0.5, 0.6) is 0 Å². The number of nitrogens with one attached hydrogen (secondary N) is 2. The molecule has 4 aliphatic carbocycles. The van der Waals surface area contributed by atoms with Crippen molar-refractivity contribution in [3.63, 3.8) is 0 Å². The number of hydroxylamine groups is 2. The van der Waals surface area contributed by atoms with Crippen molar-refractivity contribution < 1.29 is 24.6 Å². The van der Waals surface area contributed by atoms with Gasteiger partial charge < -0.3 is 25.7 Å². The van der Waals surface area contributed by atoms with Crippen molar-refractivity contribution in [2.45, 2.75) is 109 Å². The van der Waals surface area contributed by atoms with Crippen LogP contribution in [0.15, 0.2) is 24.3 Å². The Balaban J connectivity index is 1.37. The minimum atomic E-state index is -0.835. The van der Waals surface area contributed by atoms with E-state index in [4.69, 9.17) is 4.84 Å². The van der Waals surface area contributed by atoms with Gasteiger partial charge in [-0.25, -0.2) is 0 Å². The molecule has 1 heterocycles. The molecule has 5 aliphatic rings. The van der Waals surface area contributed by atoms with Gasteiger partial charge in [-0.05, 0) is 81.0 Å². The summed E-state index contributed by atoms with van der Waals surface area (Å²) in [5, 5.41) is 29.4. The zero-order valence-electron chi connectivity index (χ0n) is 27.0. The lowest BCUT2D eigenvalue weighted by Gasteiger charge is -2.62. The fourth-order valence-electron chi connectivity index (χ4n) is 8.87. The number of carbonyl (C=O) groups excluding carboxylic acids is 2. The molecule has 0 radical (unpaired) electrons. The van der Waals surface area contributed by atoms with Crippen LogP contribution in [0.4, 0.5) is 0 Å². The van der Waals surface area contributed by atoms with Crippen LogP contribution in [0.3, 0.4) is 0 Å². The van der Waals surface area contributed by atoms with Gasteiger partial charge in [-0.2, -0.15) is 5.06 Å². The maximum absolute atomic E-state index is 14.0. The van der Waals surface area contributed by atoms with Gasteiger partial charge in [0.1, 0.15) is 12.1 Å². The number of likely N-dealkylation sites (N-methyl/N-ethyl adjacent to an activating group) is 1. The van der Waals surface area contributed by atoms with E-state index >= 15 is 0 Å². The van der Waals surface area contributed by atoms with E-state index < -0.39 is 29.7 Å². The molecule has 9 heteroatoms. The summed E-state index contributed by atoms with van der Waals surface area (Å²) in [6, 6.07) is 7.60. The third-order valence-corrected chi connectivity index (χ3v) is 11.4. The normalized spacial score (nSPS) is 33.9. The van der Waals surface area contributed by atoms with Gasteiger partial charge in [0.25, 0.3) is 0 Å². The van der Waals surface area contributed by atoms with Crippen LogP contribution < -0.4 is 10.6 Å². The monoisotopic (exact) mass is 598 g/mol. The smallest absolute Gasteiger partial charge is 0.240 e. The molecule has 4 saturated carbocycles. The molecule has 3 unspecified atom stereocenters. The standard InChI is InChI=1S/C34H54N4O5/c1-21-26-16-25(33(26,3)4)17-27(21)35-32(42)31-30(22(2)40)28(20-39)43-38(31)18-23-11-10-12-24(15-23)34(13-8-7-9-14-34)36-29(41)19-37(5)6/h10-12,15,21-22,25-28,30-31,39-40H,7-9,13-14,16-20H2,1-6H3,(H,35,42)(H,36,41)/t21?,22?,25-,26+,27+,28?,30-,31+/m1/s1. The molecule has 1 aromatic rings. The van der Waals surface area contributed by atoms with Crippen LogP contribution in [0.25, 0.3) is 0 Å². The third-order valence-electron chi connectivity index (χ3n) is 11.4. The molecule has 1 aliphatic heterocycles. The Bertz CT molecular complexity index is 1150. The van der Waals surface area contributed by atoms with Crippen molar-refractivity contribution in [3.8, 4) is 0 Å². The van der Waals surface area contributed by atoms with Crippen molar-refractivity contribution in [3.05, 3.63) is 35.4 Å². The van der Waals surface area contributed by atoms with E-state index in [1.165, 1.54) is 6.42 Å². The molecule has 2 amide bonds. The Kier molecular flexibility index (Phi) is 9.60. The predicted octanol–water partition coefficient (Wildman–Crippen LogP) is 3.18. The Labute approximate surface area is 257 Å². The average molecular weight is 599 g/mol. The molecule has 6 rings (SSSR count). The molecular formula is C34H54N4O5. The minimum absolute atomic E-state index is 0.0143. The van der Waals surface area contributed by atoms with Crippen LogP contribution >= 0.6 is 0 Å². The number of rotatable bonds is 10. The number of hydrogen-bond donors (Lipinski definition) is 4. The van der Waals surface area contributed by atoms with Crippen molar-refractivity contribution in [2.24, 2.45) is 29.1 Å². The van der Waals surface area contributed by atoms with Crippen LogP contribution in [-0.2, 0) is 26.5 Å². The number of aliphatic hydroxyl groups excluding tert-OH is 2. The van der Waals surface area contributed by atoms with Crippen LogP contribution in [-0.4, -0.2) is 83.5 Å². The molecule has 2 bridgehead atoms. The van der Waals surface area contributed by atoms with E-state index in [0.717, 1.165) is 49.7 Å².